The SMILES string of the molecule is COc1ccc2c(COC(=O)c3cc(C)cc(Br)c3O)cc(=O)oc2c1. The Hall–Kier alpha value is -2.80. The second kappa shape index (κ2) is 7.21. The molecule has 1 heterocycles. The lowest BCUT2D eigenvalue weighted by Crippen LogP contribution is -2.08. The number of hydrogen-bond donors (Lipinski definition) is 1. The Morgan fingerprint density at radius 2 is 2.00 bits per heavy atom. The summed E-state index contributed by atoms with van der Waals surface area (Å²) in [5.41, 5.74) is 1.12. The first-order chi connectivity index (χ1) is 12.4. The van der Waals surface area contributed by atoms with Crippen LogP contribution in [0.5, 0.6) is 11.5 Å². The molecule has 26 heavy (non-hydrogen) atoms. The molecule has 0 radical (unpaired) electrons. The summed E-state index contributed by atoms with van der Waals surface area (Å²) in [6.45, 7) is 1.66. The van der Waals surface area contributed by atoms with Gasteiger partial charge in [0.1, 0.15) is 29.3 Å². The van der Waals surface area contributed by atoms with Crippen molar-refractivity contribution in [1.82, 2.24) is 0 Å². The number of aromatic hydroxyl groups is 1. The van der Waals surface area contributed by atoms with Crippen LogP contribution < -0.4 is 10.4 Å². The van der Waals surface area contributed by atoms with E-state index in [4.69, 9.17) is 13.9 Å². The molecule has 0 bridgehead atoms. The number of carbonyl (C=O) groups excluding carboxylic acids is 1. The lowest BCUT2D eigenvalue weighted by atomic mass is 10.1. The van der Waals surface area contributed by atoms with Gasteiger partial charge in [0.25, 0.3) is 0 Å². The second-order valence-corrected chi connectivity index (χ2v) is 6.53. The maximum Gasteiger partial charge on any atom is 0.342 e. The van der Waals surface area contributed by atoms with Crippen molar-refractivity contribution < 1.29 is 23.8 Å². The monoisotopic (exact) mass is 418 g/mol. The third kappa shape index (κ3) is 3.57. The number of benzene rings is 2. The highest BCUT2D eigenvalue weighted by atomic mass is 79.9. The summed E-state index contributed by atoms with van der Waals surface area (Å²) in [5.74, 6) is -0.339. The van der Waals surface area contributed by atoms with E-state index in [1.807, 2.05) is 0 Å². The third-order valence-electron chi connectivity index (χ3n) is 3.82. The van der Waals surface area contributed by atoms with E-state index in [0.29, 0.717) is 26.8 Å². The van der Waals surface area contributed by atoms with Crippen LogP contribution in [0.15, 0.2) is 50.1 Å². The molecule has 0 aliphatic heterocycles. The van der Waals surface area contributed by atoms with E-state index in [-0.39, 0.29) is 17.9 Å². The molecule has 134 valence electrons. The number of rotatable bonds is 4. The van der Waals surface area contributed by atoms with Gasteiger partial charge in [0, 0.05) is 23.1 Å². The highest BCUT2D eigenvalue weighted by molar-refractivity contribution is 9.10. The molecule has 6 nitrogen and oxygen atoms in total. The van der Waals surface area contributed by atoms with E-state index >= 15 is 0 Å². The molecule has 0 fully saturated rings. The summed E-state index contributed by atoms with van der Waals surface area (Å²) in [5, 5.41) is 10.7. The maximum atomic E-state index is 12.3. The largest absolute Gasteiger partial charge is 0.506 e. The predicted molar refractivity (Wildman–Crippen MR) is 98.7 cm³/mol. The number of hydrogen-bond acceptors (Lipinski definition) is 6. The molecule has 3 rings (SSSR count). The Morgan fingerprint density at radius 3 is 2.73 bits per heavy atom. The average molecular weight is 419 g/mol. The summed E-state index contributed by atoms with van der Waals surface area (Å²) >= 11 is 3.19. The van der Waals surface area contributed by atoms with Gasteiger partial charge in [-0.1, -0.05) is 0 Å². The normalized spacial score (nSPS) is 10.7. The molecule has 0 amide bonds. The summed E-state index contributed by atoms with van der Waals surface area (Å²) in [7, 11) is 1.51. The summed E-state index contributed by atoms with van der Waals surface area (Å²) in [4.78, 5) is 24.1. The fourth-order valence-corrected chi connectivity index (χ4v) is 3.14. The molecular weight excluding hydrogens is 404 g/mol. The van der Waals surface area contributed by atoms with Crippen molar-refractivity contribution >= 4 is 32.9 Å². The predicted octanol–water partition coefficient (Wildman–Crippen LogP) is 3.94. The summed E-state index contributed by atoms with van der Waals surface area (Å²) in [6.07, 6.45) is 0. The molecular formula is C19H15BrO6. The van der Waals surface area contributed by atoms with Crippen molar-refractivity contribution in [3.63, 3.8) is 0 Å². The van der Waals surface area contributed by atoms with Gasteiger partial charge in [-0.3, -0.25) is 0 Å². The van der Waals surface area contributed by atoms with E-state index in [1.54, 1.807) is 31.2 Å². The van der Waals surface area contributed by atoms with Gasteiger partial charge in [0.05, 0.1) is 11.6 Å². The van der Waals surface area contributed by atoms with E-state index in [2.05, 4.69) is 15.9 Å². The Kier molecular flexibility index (Phi) is 4.99. The molecule has 7 heteroatoms. The van der Waals surface area contributed by atoms with Crippen LogP contribution in [0.4, 0.5) is 0 Å². The van der Waals surface area contributed by atoms with Gasteiger partial charge in [-0.25, -0.2) is 9.59 Å². The van der Waals surface area contributed by atoms with Crippen LogP contribution in [0.1, 0.15) is 21.5 Å². The van der Waals surface area contributed by atoms with Gasteiger partial charge in [0.2, 0.25) is 0 Å². The first-order valence-electron chi connectivity index (χ1n) is 7.66. The number of ether oxygens (including phenoxy) is 2. The minimum absolute atomic E-state index is 0.0471. The smallest absolute Gasteiger partial charge is 0.342 e. The van der Waals surface area contributed by atoms with Crippen molar-refractivity contribution in [2.24, 2.45) is 0 Å². The molecule has 3 aromatic rings. The van der Waals surface area contributed by atoms with Crippen LogP contribution in [0.2, 0.25) is 0 Å². The van der Waals surface area contributed by atoms with Crippen LogP contribution in [-0.4, -0.2) is 18.2 Å². The maximum absolute atomic E-state index is 12.3. The minimum atomic E-state index is -0.693. The van der Waals surface area contributed by atoms with Gasteiger partial charge in [0.15, 0.2) is 0 Å². The van der Waals surface area contributed by atoms with Crippen molar-refractivity contribution in [2.45, 2.75) is 13.5 Å². The quantitative estimate of drug-likeness (QED) is 0.510. The molecule has 0 saturated carbocycles. The molecule has 0 atom stereocenters. The fourth-order valence-electron chi connectivity index (χ4n) is 2.57. The molecule has 0 saturated heterocycles. The number of phenolic OH excluding ortho intramolecular Hbond substituents is 1. The van der Waals surface area contributed by atoms with E-state index in [9.17, 15) is 14.7 Å². The number of carbonyl (C=O) groups is 1. The Balaban J connectivity index is 1.90. The molecule has 2 aromatic carbocycles. The Morgan fingerprint density at radius 1 is 1.23 bits per heavy atom. The van der Waals surface area contributed by atoms with Crippen LogP contribution in [0, 0.1) is 6.92 Å². The van der Waals surface area contributed by atoms with Gasteiger partial charge >= 0.3 is 11.6 Å². The molecule has 0 spiro atoms. The number of methoxy groups -OCH3 is 1. The van der Waals surface area contributed by atoms with E-state index in [1.165, 1.54) is 19.2 Å². The topological polar surface area (TPSA) is 86.0 Å². The fraction of sp³-hybridized carbons (Fsp3) is 0.158. The number of esters is 1. The van der Waals surface area contributed by atoms with Crippen molar-refractivity contribution in [1.29, 1.82) is 0 Å². The van der Waals surface area contributed by atoms with Crippen LogP contribution in [0.3, 0.4) is 0 Å². The van der Waals surface area contributed by atoms with Gasteiger partial charge < -0.3 is 19.0 Å². The lowest BCUT2D eigenvalue weighted by molar-refractivity contribution is 0.0470. The standard InChI is InChI=1S/C19H15BrO6/c1-10-5-14(18(22)15(20)6-10)19(23)25-9-11-7-17(21)26-16-8-12(24-2)3-4-13(11)16/h3-8,22H,9H2,1-2H3. The Bertz CT molecular complexity index is 1050. The zero-order chi connectivity index (χ0) is 18.8. The lowest BCUT2D eigenvalue weighted by Gasteiger charge is -2.10. The zero-order valence-electron chi connectivity index (χ0n) is 14.0. The zero-order valence-corrected chi connectivity index (χ0v) is 15.6. The van der Waals surface area contributed by atoms with Crippen molar-refractivity contribution in [3.05, 3.63) is 68.0 Å². The highest BCUT2D eigenvalue weighted by Gasteiger charge is 2.17. The summed E-state index contributed by atoms with van der Waals surface area (Å²) in [6, 6.07) is 9.53. The van der Waals surface area contributed by atoms with Crippen LogP contribution >= 0.6 is 15.9 Å². The first-order valence-corrected chi connectivity index (χ1v) is 8.45. The average Bonchev–Trinajstić information content (AvgIpc) is 2.61. The number of aryl methyl sites for hydroxylation is 1. The van der Waals surface area contributed by atoms with Gasteiger partial charge in [-0.15, -0.1) is 0 Å². The van der Waals surface area contributed by atoms with E-state index < -0.39 is 11.6 Å². The van der Waals surface area contributed by atoms with Crippen molar-refractivity contribution in [3.8, 4) is 11.5 Å². The van der Waals surface area contributed by atoms with Gasteiger partial charge in [-0.05, 0) is 52.7 Å². The molecule has 0 aliphatic carbocycles. The number of phenols is 1. The van der Waals surface area contributed by atoms with E-state index in [0.717, 1.165) is 5.56 Å². The highest BCUT2D eigenvalue weighted by Crippen LogP contribution is 2.30. The molecule has 0 unspecified atom stereocenters. The van der Waals surface area contributed by atoms with Gasteiger partial charge in [-0.2, -0.15) is 0 Å². The first kappa shape index (κ1) is 18.0. The summed E-state index contributed by atoms with van der Waals surface area (Å²) < 4.78 is 16.0. The third-order valence-corrected chi connectivity index (χ3v) is 4.43. The second-order valence-electron chi connectivity index (χ2n) is 5.67. The Labute approximate surface area is 157 Å². The minimum Gasteiger partial charge on any atom is -0.506 e. The van der Waals surface area contributed by atoms with Crippen molar-refractivity contribution in [2.75, 3.05) is 7.11 Å². The number of halogens is 1. The molecule has 1 N–H and O–H groups in total. The molecule has 1 aromatic heterocycles. The molecule has 0 aliphatic rings. The number of fused-ring (bicyclic) bond motifs is 1. The van der Waals surface area contributed by atoms with Crippen LogP contribution in [0.25, 0.3) is 11.0 Å². The van der Waals surface area contributed by atoms with Crippen LogP contribution in [-0.2, 0) is 11.3 Å².